The number of rotatable bonds is 5. The third-order valence-corrected chi connectivity index (χ3v) is 2.90. The van der Waals surface area contributed by atoms with Gasteiger partial charge in [0.05, 0.1) is 6.54 Å². The second kappa shape index (κ2) is 4.93. The van der Waals surface area contributed by atoms with Gasteiger partial charge in [-0.25, -0.2) is 4.98 Å². The van der Waals surface area contributed by atoms with Crippen LogP contribution in [0.3, 0.4) is 0 Å². The van der Waals surface area contributed by atoms with E-state index in [0.717, 1.165) is 24.6 Å². The third-order valence-electron chi connectivity index (χ3n) is 1.96. The van der Waals surface area contributed by atoms with E-state index in [1.165, 1.54) is 4.88 Å². The maximum Gasteiger partial charge on any atom is 0.182 e. The zero-order chi connectivity index (χ0) is 10.5. The number of hydrogen-bond donors (Lipinski definition) is 1. The van der Waals surface area contributed by atoms with E-state index in [9.17, 15) is 0 Å². The molecular formula is C10H14N4S. The first-order valence-corrected chi connectivity index (χ1v) is 5.86. The van der Waals surface area contributed by atoms with E-state index in [1.54, 1.807) is 17.5 Å². The molecule has 15 heavy (non-hydrogen) atoms. The molecule has 2 rings (SSSR count). The van der Waals surface area contributed by atoms with Crippen LogP contribution in [0.15, 0.2) is 24.7 Å². The molecule has 0 unspecified atom stereocenters. The Labute approximate surface area is 93.0 Å². The first kappa shape index (κ1) is 10.2. The van der Waals surface area contributed by atoms with Gasteiger partial charge in [-0.15, -0.1) is 11.3 Å². The van der Waals surface area contributed by atoms with Gasteiger partial charge in [0.2, 0.25) is 0 Å². The van der Waals surface area contributed by atoms with Gasteiger partial charge in [0.25, 0.3) is 0 Å². The van der Waals surface area contributed by atoms with Crippen molar-refractivity contribution in [1.82, 2.24) is 14.8 Å². The quantitative estimate of drug-likeness (QED) is 0.843. The molecule has 0 aromatic carbocycles. The molecule has 0 atom stereocenters. The monoisotopic (exact) mass is 222 g/mol. The van der Waals surface area contributed by atoms with E-state index < -0.39 is 0 Å². The van der Waals surface area contributed by atoms with Gasteiger partial charge in [0, 0.05) is 30.0 Å². The second-order valence-electron chi connectivity index (χ2n) is 3.26. The molecule has 0 amide bonds. The summed E-state index contributed by atoms with van der Waals surface area (Å²) in [6, 6.07) is 1.93. The molecule has 2 heterocycles. The molecule has 0 aliphatic rings. The van der Waals surface area contributed by atoms with Crippen LogP contribution in [-0.2, 0) is 6.54 Å². The molecule has 0 saturated carbocycles. The molecule has 2 aromatic rings. The van der Waals surface area contributed by atoms with Crippen molar-refractivity contribution in [1.29, 1.82) is 0 Å². The van der Waals surface area contributed by atoms with Crippen LogP contribution in [0.25, 0.3) is 0 Å². The minimum Gasteiger partial charge on any atom is -0.362 e. The van der Waals surface area contributed by atoms with Crippen molar-refractivity contribution in [3.05, 3.63) is 29.5 Å². The van der Waals surface area contributed by atoms with Crippen LogP contribution in [0.4, 0.5) is 5.13 Å². The highest BCUT2D eigenvalue weighted by Gasteiger charge is 2.01. The van der Waals surface area contributed by atoms with E-state index >= 15 is 0 Å². The highest BCUT2D eigenvalue weighted by molar-refractivity contribution is 7.15. The lowest BCUT2D eigenvalue weighted by molar-refractivity contribution is 0.694. The van der Waals surface area contributed by atoms with Gasteiger partial charge in [-0.05, 0) is 12.5 Å². The lowest BCUT2D eigenvalue weighted by Gasteiger charge is -1.97. The number of hydrogen-bond acceptors (Lipinski definition) is 4. The van der Waals surface area contributed by atoms with Gasteiger partial charge in [-0.3, -0.25) is 4.68 Å². The summed E-state index contributed by atoms with van der Waals surface area (Å²) in [6.07, 6.45) is 6.77. The van der Waals surface area contributed by atoms with Crippen molar-refractivity contribution in [3.8, 4) is 0 Å². The minimum absolute atomic E-state index is 0.804. The SMILES string of the molecule is CCCNc1ncc(Cn2cccn2)s1. The van der Waals surface area contributed by atoms with Gasteiger partial charge in [-0.2, -0.15) is 5.10 Å². The zero-order valence-corrected chi connectivity index (χ0v) is 9.50. The average molecular weight is 222 g/mol. The fourth-order valence-electron chi connectivity index (χ4n) is 1.25. The predicted molar refractivity (Wildman–Crippen MR) is 62.2 cm³/mol. The Balaban J connectivity index is 1.95. The maximum atomic E-state index is 4.30. The Morgan fingerprint density at radius 1 is 1.53 bits per heavy atom. The van der Waals surface area contributed by atoms with E-state index in [1.807, 2.05) is 23.1 Å². The van der Waals surface area contributed by atoms with Crippen LogP contribution in [0.2, 0.25) is 0 Å². The van der Waals surface area contributed by atoms with Crippen LogP contribution in [0.1, 0.15) is 18.2 Å². The molecule has 0 radical (unpaired) electrons. The van der Waals surface area contributed by atoms with Gasteiger partial charge < -0.3 is 5.32 Å². The Morgan fingerprint density at radius 3 is 3.20 bits per heavy atom. The topological polar surface area (TPSA) is 42.7 Å². The first-order valence-electron chi connectivity index (χ1n) is 5.04. The van der Waals surface area contributed by atoms with Crippen LogP contribution < -0.4 is 5.32 Å². The summed E-state index contributed by atoms with van der Waals surface area (Å²) in [5.41, 5.74) is 0. The Kier molecular flexibility index (Phi) is 3.34. The van der Waals surface area contributed by atoms with E-state index in [4.69, 9.17) is 0 Å². The molecule has 0 fully saturated rings. The Morgan fingerprint density at radius 2 is 2.47 bits per heavy atom. The molecule has 80 valence electrons. The Bertz CT molecular complexity index is 393. The van der Waals surface area contributed by atoms with Crippen LogP contribution >= 0.6 is 11.3 Å². The molecule has 4 nitrogen and oxygen atoms in total. The van der Waals surface area contributed by atoms with Crippen molar-refractivity contribution in [2.45, 2.75) is 19.9 Å². The fraction of sp³-hybridized carbons (Fsp3) is 0.400. The van der Waals surface area contributed by atoms with Gasteiger partial charge in [0.1, 0.15) is 0 Å². The molecule has 0 saturated heterocycles. The number of thiazole rings is 1. The van der Waals surface area contributed by atoms with Gasteiger partial charge >= 0.3 is 0 Å². The second-order valence-corrected chi connectivity index (χ2v) is 4.38. The number of aromatic nitrogens is 3. The van der Waals surface area contributed by atoms with E-state index in [2.05, 4.69) is 22.3 Å². The summed E-state index contributed by atoms with van der Waals surface area (Å²) in [7, 11) is 0. The summed E-state index contributed by atoms with van der Waals surface area (Å²) >= 11 is 1.69. The molecule has 0 aliphatic carbocycles. The summed E-state index contributed by atoms with van der Waals surface area (Å²) in [6.45, 7) is 3.93. The summed E-state index contributed by atoms with van der Waals surface area (Å²) in [5, 5.41) is 8.43. The molecular weight excluding hydrogens is 208 g/mol. The predicted octanol–water partition coefficient (Wildman–Crippen LogP) is 2.21. The number of nitrogens with one attached hydrogen (secondary N) is 1. The van der Waals surface area contributed by atoms with Crippen molar-refractivity contribution >= 4 is 16.5 Å². The smallest absolute Gasteiger partial charge is 0.182 e. The molecule has 0 spiro atoms. The van der Waals surface area contributed by atoms with Crippen molar-refractivity contribution in [2.75, 3.05) is 11.9 Å². The standard InChI is InChI=1S/C10H14N4S/c1-2-4-11-10-12-7-9(15-10)8-14-6-3-5-13-14/h3,5-7H,2,4,8H2,1H3,(H,11,12). The summed E-state index contributed by atoms with van der Waals surface area (Å²) in [5.74, 6) is 0. The van der Waals surface area contributed by atoms with Gasteiger partial charge in [0.15, 0.2) is 5.13 Å². The van der Waals surface area contributed by atoms with Crippen molar-refractivity contribution in [3.63, 3.8) is 0 Å². The van der Waals surface area contributed by atoms with Gasteiger partial charge in [-0.1, -0.05) is 6.92 Å². The lowest BCUT2D eigenvalue weighted by atomic mass is 10.5. The molecule has 1 N–H and O–H groups in total. The summed E-state index contributed by atoms with van der Waals surface area (Å²) < 4.78 is 1.90. The summed E-state index contributed by atoms with van der Waals surface area (Å²) in [4.78, 5) is 5.52. The highest BCUT2D eigenvalue weighted by Crippen LogP contribution is 2.18. The van der Waals surface area contributed by atoms with Crippen molar-refractivity contribution in [2.24, 2.45) is 0 Å². The lowest BCUT2D eigenvalue weighted by Crippen LogP contribution is -1.98. The molecule has 0 aliphatic heterocycles. The van der Waals surface area contributed by atoms with Crippen LogP contribution in [-0.4, -0.2) is 21.3 Å². The molecule has 0 bridgehead atoms. The average Bonchev–Trinajstić information content (AvgIpc) is 2.87. The highest BCUT2D eigenvalue weighted by atomic mass is 32.1. The van der Waals surface area contributed by atoms with Crippen molar-refractivity contribution < 1.29 is 0 Å². The Hall–Kier alpha value is -1.36. The van der Waals surface area contributed by atoms with Crippen LogP contribution in [0, 0.1) is 0 Å². The molecule has 5 heteroatoms. The van der Waals surface area contributed by atoms with E-state index in [-0.39, 0.29) is 0 Å². The molecule has 2 aromatic heterocycles. The van der Waals surface area contributed by atoms with Crippen LogP contribution in [0.5, 0.6) is 0 Å². The zero-order valence-electron chi connectivity index (χ0n) is 8.68. The largest absolute Gasteiger partial charge is 0.362 e. The number of nitrogens with zero attached hydrogens (tertiary/aromatic N) is 3. The maximum absolute atomic E-state index is 4.30. The first-order chi connectivity index (χ1) is 7.38. The third kappa shape index (κ3) is 2.79. The fourth-order valence-corrected chi connectivity index (χ4v) is 2.08. The van der Waals surface area contributed by atoms with E-state index in [0.29, 0.717) is 0 Å². The number of anilines is 1. The normalized spacial score (nSPS) is 10.5. The minimum atomic E-state index is 0.804.